The van der Waals surface area contributed by atoms with Crippen molar-refractivity contribution in [3.05, 3.63) is 70.5 Å². The van der Waals surface area contributed by atoms with E-state index >= 15 is 0 Å². The van der Waals surface area contributed by atoms with E-state index in [1.54, 1.807) is 36.2 Å². The average Bonchev–Trinajstić information content (AvgIpc) is 2.92. The van der Waals surface area contributed by atoms with Crippen LogP contribution >= 0.6 is 11.6 Å². The summed E-state index contributed by atoms with van der Waals surface area (Å²) in [5.74, 6) is -1.43. The summed E-state index contributed by atoms with van der Waals surface area (Å²) in [5.41, 5.74) is -0.00743. The molecule has 3 unspecified atom stereocenters. The molecule has 0 radical (unpaired) electrons. The van der Waals surface area contributed by atoms with Crippen molar-refractivity contribution in [2.45, 2.75) is 70.2 Å². The molecule has 0 spiro atoms. The van der Waals surface area contributed by atoms with Crippen LogP contribution in [0, 0.1) is 5.82 Å². The third-order valence-corrected chi connectivity index (χ3v) is 7.52. The number of likely N-dealkylation sites (N-methyl/N-ethyl adjacent to an activating group) is 1. The zero-order valence-corrected chi connectivity index (χ0v) is 24.4. The smallest absolute Gasteiger partial charge is 0.252 e. The van der Waals surface area contributed by atoms with Crippen molar-refractivity contribution >= 4 is 29.3 Å². The first-order valence-corrected chi connectivity index (χ1v) is 14.1. The quantitative estimate of drug-likeness (QED) is 0.383. The number of amides is 3. The number of carbonyl (C=O) groups is 3. The number of aliphatic hydroxyl groups is 1. The number of rotatable bonds is 11. The molecule has 218 valence electrons. The highest BCUT2D eigenvalue weighted by molar-refractivity contribution is 6.30. The maximum Gasteiger partial charge on any atom is 0.252 e. The van der Waals surface area contributed by atoms with E-state index in [9.17, 15) is 23.9 Å². The molecule has 1 heterocycles. The molecule has 8 nitrogen and oxygen atoms in total. The minimum absolute atomic E-state index is 0.100. The van der Waals surface area contributed by atoms with E-state index in [0.717, 1.165) is 12.0 Å². The number of benzene rings is 2. The van der Waals surface area contributed by atoms with Gasteiger partial charge in [-0.1, -0.05) is 49.2 Å². The number of carbonyl (C=O) groups excluding carboxylic acids is 3. The van der Waals surface area contributed by atoms with Gasteiger partial charge in [0.05, 0.1) is 6.04 Å². The highest BCUT2D eigenvalue weighted by Gasteiger charge is 2.39. The molecule has 0 aromatic heterocycles. The summed E-state index contributed by atoms with van der Waals surface area (Å²) >= 11 is 6.04. The van der Waals surface area contributed by atoms with E-state index in [0.29, 0.717) is 43.1 Å². The van der Waals surface area contributed by atoms with Crippen molar-refractivity contribution in [1.29, 1.82) is 0 Å². The first-order valence-electron chi connectivity index (χ1n) is 13.7. The topological polar surface area (TPSA) is 102 Å². The molecule has 2 aromatic rings. The molecular formula is C30H40ClFN4O4. The van der Waals surface area contributed by atoms with Crippen LogP contribution in [0.1, 0.15) is 44.7 Å². The Bertz CT molecular complexity index is 1150. The SMILES string of the molecule is CCCC1CN(C(Cc2ccc(Cl)cc2)C(=O)NC)CCN1C(=O)C(Cc1ccc(F)cc1)NC(=O)C(C)(C)O. The fourth-order valence-corrected chi connectivity index (χ4v) is 5.15. The molecule has 3 atom stereocenters. The maximum absolute atomic E-state index is 14.0. The molecule has 0 saturated carbocycles. The van der Waals surface area contributed by atoms with Crippen LogP contribution in [0.4, 0.5) is 4.39 Å². The summed E-state index contributed by atoms with van der Waals surface area (Å²) in [6, 6.07) is 11.7. The van der Waals surface area contributed by atoms with Gasteiger partial charge in [-0.2, -0.15) is 0 Å². The summed E-state index contributed by atoms with van der Waals surface area (Å²) in [4.78, 5) is 43.5. The lowest BCUT2D eigenvalue weighted by Gasteiger charge is -2.45. The molecule has 3 N–H and O–H groups in total. The zero-order valence-electron chi connectivity index (χ0n) is 23.6. The number of nitrogens with one attached hydrogen (secondary N) is 2. The van der Waals surface area contributed by atoms with Crippen LogP contribution < -0.4 is 10.6 Å². The number of hydrogen-bond acceptors (Lipinski definition) is 5. The summed E-state index contributed by atoms with van der Waals surface area (Å²) in [5, 5.41) is 16.4. The van der Waals surface area contributed by atoms with Crippen LogP contribution in [0.5, 0.6) is 0 Å². The lowest BCUT2D eigenvalue weighted by atomic mass is 9.97. The van der Waals surface area contributed by atoms with Gasteiger partial charge in [0.2, 0.25) is 11.8 Å². The van der Waals surface area contributed by atoms with Gasteiger partial charge < -0.3 is 20.6 Å². The highest BCUT2D eigenvalue weighted by atomic mass is 35.5. The van der Waals surface area contributed by atoms with E-state index in [-0.39, 0.29) is 24.3 Å². The molecule has 1 aliphatic rings. The normalized spacial score (nSPS) is 17.7. The Morgan fingerprint density at radius 3 is 2.23 bits per heavy atom. The average molecular weight is 575 g/mol. The van der Waals surface area contributed by atoms with Gasteiger partial charge in [-0.05, 0) is 62.1 Å². The van der Waals surface area contributed by atoms with Crippen molar-refractivity contribution in [1.82, 2.24) is 20.4 Å². The van der Waals surface area contributed by atoms with Crippen LogP contribution in [-0.4, -0.2) is 83.0 Å². The molecule has 40 heavy (non-hydrogen) atoms. The zero-order chi connectivity index (χ0) is 29.4. The van der Waals surface area contributed by atoms with E-state index in [2.05, 4.69) is 15.5 Å². The van der Waals surface area contributed by atoms with Gasteiger partial charge in [0.25, 0.3) is 5.91 Å². The largest absolute Gasteiger partial charge is 0.381 e. The van der Waals surface area contributed by atoms with Crippen molar-refractivity contribution in [2.24, 2.45) is 0 Å². The predicted molar refractivity (Wildman–Crippen MR) is 153 cm³/mol. The number of halogens is 2. The molecule has 0 bridgehead atoms. The van der Waals surface area contributed by atoms with Crippen LogP contribution in [-0.2, 0) is 27.2 Å². The molecule has 0 aliphatic carbocycles. The predicted octanol–water partition coefficient (Wildman–Crippen LogP) is 2.95. The van der Waals surface area contributed by atoms with Gasteiger partial charge in [-0.25, -0.2) is 4.39 Å². The Morgan fingerprint density at radius 2 is 1.65 bits per heavy atom. The van der Waals surface area contributed by atoms with Crippen LogP contribution in [0.15, 0.2) is 48.5 Å². The third-order valence-electron chi connectivity index (χ3n) is 7.26. The second-order valence-electron chi connectivity index (χ2n) is 10.8. The Kier molecular flexibility index (Phi) is 11.1. The van der Waals surface area contributed by atoms with E-state index in [4.69, 9.17) is 11.6 Å². The number of hydrogen-bond donors (Lipinski definition) is 3. The van der Waals surface area contributed by atoms with Gasteiger partial charge in [0, 0.05) is 44.2 Å². The number of piperazine rings is 1. The second-order valence-corrected chi connectivity index (χ2v) is 11.3. The maximum atomic E-state index is 14.0. The first-order chi connectivity index (χ1) is 18.9. The van der Waals surface area contributed by atoms with Gasteiger partial charge in [0.15, 0.2) is 0 Å². The van der Waals surface area contributed by atoms with Crippen LogP contribution in [0.25, 0.3) is 0 Å². The lowest BCUT2D eigenvalue weighted by Crippen LogP contribution is -2.63. The van der Waals surface area contributed by atoms with E-state index in [1.165, 1.54) is 26.0 Å². The van der Waals surface area contributed by atoms with Crippen molar-refractivity contribution < 1.29 is 23.9 Å². The minimum atomic E-state index is -1.68. The van der Waals surface area contributed by atoms with Crippen molar-refractivity contribution in [2.75, 3.05) is 26.7 Å². The lowest BCUT2D eigenvalue weighted by molar-refractivity contribution is -0.146. The Hall–Kier alpha value is -3.01. The second kappa shape index (κ2) is 14.1. The van der Waals surface area contributed by atoms with Gasteiger partial charge in [0.1, 0.15) is 17.5 Å². The van der Waals surface area contributed by atoms with Crippen molar-refractivity contribution in [3.8, 4) is 0 Å². The summed E-state index contributed by atoms with van der Waals surface area (Å²) < 4.78 is 13.5. The molecule has 3 rings (SSSR count). The first kappa shape index (κ1) is 31.5. The molecule has 10 heteroatoms. The molecular weight excluding hydrogens is 535 g/mol. The molecule has 1 fully saturated rings. The van der Waals surface area contributed by atoms with Crippen LogP contribution in [0.2, 0.25) is 5.02 Å². The fraction of sp³-hybridized carbons (Fsp3) is 0.500. The highest BCUT2D eigenvalue weighted by Crippen LogP contribution is 2.22. The summed E-state index contributed by atoms with van der Waals surface area (Å²) in [6.07, 6.45) is 2.19. The molecule has 1 aliphatic heterocycles. The van der Waals surface area contributed by atoms with Gasteiger partial charge >= 0.3 is 0 Å². The van der Waals surface area contributed by atoms with Gasteiger partial charge in [-0.3, -0.25) is 19.3 Å². The van der Waals surface area contributed by atoms with Crippen molar-refractivity contribution in [3.63, 3.8) is 0 Å². The Morgan fingerprint density at radius 1 is 1.05 bits per heavy atom. The Labute approximate surface area is 240 Å². The summed E-state index contributed by atoms with van der Waals surface area (Å²) in [6.45, 7) is 6.10. The fourth-order valence-electron chi connectivity index (χ4n) is 5.02. The van der Waals surface area contributed by atoms with E-state index in [1.807, 2.05) is 19.1 Å². The number of nitrogens with zero attached hydrogens (tertiary/aromatic N) is 2. The van der Waals surface area contributed by atoms with Gasteiger partial charge in [-0.15, -0.1) is 0 Å². The standard InChI is InChI=1S/C30H40ClFN4O4/c1-5-6-24-19-35(26(27(37)33-4)18-21-7-11-22(31)12-8-21)15-16-36(24)28(38)25(34-29(39)30(2,3)40)17-20-9-13-23(32)14-10-20/h7-14,24-26,40H,5-6,15-19H2,1-4H3,(H,33,37)(H,34,39). The van der Waals surface area contributed by atoms with Crippen LogP contribution in [0.3, 0.4) is 0 Å². The summed E-state index contributed by atoms with van der Waals surface area (Å²) in [7, 11) is 1.62. The Balaban J connectivity index is 1.83. The monoisotopic (exact) mass is 574 g/mol. The molecule has 3 amide bonds. The molecule has 2 aromatic carbocycles. The minimum Gasteiger partial charge on any atom is -0.381 e. The van der Waals surface area contributed by atoms with E-state index < -0.39 is 29.4 Å². The molecule has 1 saturated heterocycles. The third kappa shape index (κ3) is 8.49.